The molecule has 1 aromatic carbocycles. The van der Waals surface area contributed by atoms with Crippen molar-refractivity contribution in [2.45, 2.75) is 6.42 Å². The lowest BCUT2D eigenvalue weighted by atomic mass is 10.1. The van der Waals surface area contributed by atoms with Crippen molar-refractivity contribution < 1.29 is 4.74 Å². The van der Waals surface area contributed by atoms with Gasteiger partial charge in [0.1, 0.15) is 5.75 Å². The van der Waals surface area contributed by atoms with Crippen molar-refractivity contribution in [3.05, 3.63) is 29.8 Å². The van der Waals surface area contributed by atoms with E-state index in [0.717, 1.165) is 51.6 Å². The number of ether oxygens (including phenoxy) is 1. The van der Waals surface area contributed by atoms with Gasteiger partial charge in [0, 0.05) is 39.4 Å². The third-order valence-electron chi connectivity index (χ3n) is 3.27. The predicted molar refractivity (Wildman–Crippen MR) is 74.0 cm³/mol. The number of nitrogens with one attached hydrogen (secondary N) is 2. The molecule has 1 saturated heterocycles. The van der Waals surface area contributed by atoms with E-state index < -0.39 is 0 Å². The van der Waals surface area contributed by atoms with Gasteiger partial charge in [-0.3, -0.25) is 4.90 Å². The maximum atomic E-state index is 5.22. The molecule has 100 valence electrons. The third kappa shape index (κ3) is 4.29. The molecule has 0 amide bonds. The number of hydrogen-bond donors (Lipinski definition) is 2. The van der Waals surface area contributed by atoms with Crippen LogP contribution in [0, 0.1) is 0 Å². The Morgan fingerprint density at radius 3 is 2.94 bits per heavy atom. The fraction of sp³-hybridized carbons (Fsp3) is 0.571. The summed E-state index contributed by atoms with van der Waals surface area (Å²) in [6, 6.07) is 8.28. The first-order chi connectivity index (χ1) is 8.88. The van der Waals surface area contributed by atoms with Gasteiger partial charge >= 0.3 is 0 Å². The molecule has 2 rings (SSSR count). The Bertz CT molecular complexity index is 351. The van der Waals surface area contributed by atoms with E-state index in [1.807, 2.05) is 12.1 Å². The second-order valence-corrected chi connectivity index (χ2v) is 4.63. The number of piperazine rings is 1. The van der Waals surface area contributed by atoms with E-state index in [1.165, 1.54) is 5.56 Å². The Morgan fingerprint density at radius 1 is 1.33 bits per heavy atom. The predicted octanol–water partition coefficient (Wildman–Crippen LogP) is 0.690. The van der Waals surface area contributed by atoms with Gasteiger partial charge in [-0.05, 0) is 24.1 Å². The molecule has 0 aromatic heterocycles. The Hall–Kier alpha value is -1.10. The lowest BCUT2D eigenvalue weighted by molar-refractivity contribution is 0.224. The van der Waals surface area contributed by atoms with Gasteiger partial charge in [-0.1, -0.05) is 12.1 Å². The van der Waals surface area contributed by atoms with Crippen LogP contribution in [-0.4, -0.2) is 51.4 Å². The molecule has 0 atom stereocenters. The lowest BCUT2D eigenvalue weighted by Crippen LogP contribution is -2.47. The number of methoxy groups -OCH3 is 1. The SMILES string of the molecule is COc1cccc(CCNCN2CCNCC2)c1. The highest BCUT2D eigenvalue weighted by molar-refractivity contribution is 5.28. The quantitative estimate of drug-likeness (QED) is 0.727. The first-order valence-electron chi connectivity index (χ1n) is 6.65. The summed E-state index contributed by atoms with van der Waals surface area (Å²) in [4.78, 5) is 2.45. The molecule has 2 N–H and O–H groups in total. The summed E-state index contributed by atoms with van der Waals surface area (Å²) in [7, 11) is 1.71. The third-order valence-corrected chi connectivity index (χ3v) is 3.27. The van der Waals surface area contributed by atoms with Crippen LogP contribution < -0.4 is 15.4 Å². The highest BCUT2D eigenvalue weighted by atomic mass is 16.5. The van der Waals surface area contributed by atoms with Crippen LogP contribution in [0.15, 0.2) is 24.3 Å². The van der Waals surface area contributed by atoms with Gasteiger partial charge < -0.3 is 15.4 Å². The maximum Gasteiger partial charge on any atom is 0.119 e. The van der Waals surface area contributed by atoms with Crippen molar-refractivity contribution in [2.75, 3.05) is 46.5 Å². The Balaban J connectivity index is 1.65. The van der Waals surface area contributed by atoms with Gasteiger partial charge in [0.15, 0.2) is 0 Å². The minimum absolute atomic E-state index is 0.939. The fourth-order valence-electron chi connectivity index (χ4n) is 2.17. The molecule has 18 heavy (non-hydrogen) atoms. The Morgan fingerprint density at radius 2 is 2.17 bits per heavy atom. The molecule has 0 unspecified atom stereocenters. The lowest BCUT2D eigenvalue weighted by Gasteiger charge is -2.27. The summed E-state index contributed by atoms with van der Waals surface area (Å²) in [6.45, 7) is 6.51. The Labute approximate surface area is 109 Å². The molecule has 4 nitrogen and oxygen atoms in total. The van der Waals surface area contributed by atoms with Crippen molar-refractivity contribution in [1.29, 1.82) is 0 Å². The standard InChI is InChI=1S/C14H23N3O/c1-18-14-4-2-3-13(11-14)5-6-16-12-17-9-7-15-8-10-17/h2-4,11,15-16H,5-10,12H2,1H3. The average molecular weight is 249 g/mol. The zero-order valence-corrected chi connectivity index (χ0v) is 11.1. The second kappa shape index (κ2) is 7.36. The van der Waals surface area contributed by atoms with Crippen molar-refractivity contribution in [3.8, 4) is 5.75 Å². The summed E-state index contributed by atoms with van der Waals surface area (Å²) in [5, 5.41) is 6.86. The molecule has 0 saturated carbocycles. The molecule has 1 aliphatic heterocycles. The molecular formula is C14H23N3O. The summed E-state index contributed by atoms with van der Waals surface area (Å²) in [6.07, 6.45) is 1.04. The zero-order chi connectivity index (χ0) is 12.6. The number of hydrogen-bond acceptors (Lipinski definition) is 4. The van der Waals surface area contributed by atoms with Crippen LogP contribution in [0.1, 0.15) is 5.56 Å². The Kier molecular flexibility index (Phi) is 5.45. The molecule has 0 bridgehead atoms. The summed E-state index contributed by atoms with van der Waals surface area (Å²) >= 11 is 0. The van der Waals surface area contributed by atoms with Gasteiger partial charge in [0.05, 0.1) is 7.11 Å². The smallest absolute Gasteiger partial charge is 0.119 e. The van der Waals surface area contributed by atoms with E-state index in [2.05, 4.69) is 27.7 Å². The van der Waals surface area contributed by atoms with E-state index in [9.17, 15) is 0 Å². The molecule has 1 fully saturated rings. The van der Waals surface area contributed by atoms with E-state index in [0.29, 0.717) is 0 Å². The number of benzene rings is 1. The molecular weight excluding hydrogens is 226 g/mol. The van der Waals surface area contributed by atoms with Crippen LogP contribution >= 0.6 is 0 Å². The second-order valence-electron chi connectivity index (χ2n) is 4.63. The molecule has 1 aromatic rings. The van der Waals surface area contributed by atoms with Crippen LogP contribution in [0.3, 0.4) is 0 Å². The van der Waals surface area contributed by atoms with Gasteiger partial charge in [-0.25, -0.2) is 0 Å². The van der Waals surface area contributed by atoms with Crippen molar-refractivity contribution in [2.24, 2.45) is 0 Å². The average Bonchev–Trinajstić information content (AvgIpc) is 2.45. The van der Waals surface area contributed by atoms with E-state index >= 15 is 0 Å². The first kappa shape index (κ1) is 13.3. The van der Waals surface area contributed by atoms with Crippen LogP contribution in [0.5, 0.6) is 5.75 Å². The van der Waals surface area contributed by atoms with E-state index in [-0.39, 0.29) is 0 Å². The van der Waals surface area contributed by atoms with Gasteiger partial charge in [0.25, 0.3) is 0 Å². The molecule has 0 spiro atoms. The van der Waals surface area contributed by atoms with Gasteiger partial charge in [-0.2, -0.15) is 0 Å². The van der Waals surface area contributed by atoms with Crippen molar-refractivity contribution in [1.82, 2.24) is 15.5 Å². The molecule has 1 aliphatic rings. The van der Waals surface area contributed by atoms with Gasteiger partial charge in [-0.15, -0.1) is 0 Å². The normalized spacial score (nSPS) is 16.7. The molecule has 0 aliphatic carbocycles. The topological polar surface area (TPSA) is 36.5 Å². The molecule has 4 heteroatoms. The number of nitrogens with zero attached hydrogens (tertiary/aromatic N) is 1. The minimum Gasteiger partial charge on any atom is -0.497 e. The fourth-order valence-corrected chi connectivity index (χ4v) is 2.17. The number of rotatable bonds is 6. The molecule has 0 radical (unpaired) electrons. The zero-order valence-electron chi connectivity index (χ0n) is 11.1. The highest BCUT2D eigenvalue weighted by Gasteiger charge is 2.07. The minimum atomic E-state index is 0.939. The first-order valence-corrected chi connectivity index (χ1v) is 6.65. The van der Waals surface area contributed by atoms with Crippen LogP contribution in [0.2, 0.25) is 0 Å². The van der Waals surface area contributed by atoms with E-state index in [1.54, 1.807) is 7.11 Å². The maximum absolute atomic E-state index is 5.22. The largest absolute Gasteiger partial charge is 0.497 e. The van der Waals surface area contributed by atoms with Crippen molar-refractivity contribution >= 4 is 0 Å². The van der Waals surface area contributed by atoms with Crippen LogP contribution in [0.4, 0.5) is 0 Å². The summed E-state index contributed by atoms with van der Waals surface area (Å²) < 4.78 is 5.22. The van der Waals surface area contributed by atoms with Crippen molar-refractivity contribution in [3.63, 3.8) is 0 Å². The molecule has 1 heterocycles. The van der Waals surface area contributed by atoms with Gasteiger partial charge in [0.2, 0.25) is 0 Å². The summed E-state index contributed by atoms with van der Waals surface area (Å²) in [5.41, 5.74) is 1.32. The van der Waals surface area contributed by atoms with Crippen LogP contribution in [-0.2, 0) is 6.42 Å². The summed E-state index contributed by atoms with van der Waals surface area (Å²) in [5.74, 6) is 0.939. The van der Waals surface area contributed by atoms with E-state index in [4.69, 9.17) is 4.74 Å². The van der Waals surface area contributed by atoms with Crippen LogP contribution in [0.25, 0.3) is 0 Å². The monoisotopic (exact) mass is 249 g/mol. The highest BCUT2D eigenvalue weighted by Crippen LogP contribution is 2.12.